The van der Waals surface area contributed by atoms with E-state index in [1.165, 1.54) is 33.4 Å². The fourth-order valence-corrected chi connectivity index (χ4v) is 4.35. The standard InChI is InChI=1S/C26H22/c1-3-13-24-22(4-2)23-18-11-12-19-25(23)26(24,20-14-7-5-8-15-20)21-16-9-6-10-17-21/h3-19H,1H2,2H3/b22-4-,24-13?. The molecule has 3 aromatic carbocycles. The molecule has 0 spiro atoms. The van der Waals surface area contributed by atoms with E-state index in [2.05, 4.69) is 111 Å². The maximum atomic E-state index is 4.01. The zero-order valence-electron chi connectivity index (χ0n) is 15.0. The molecule has 0 aromatic heterocycles. The highest BCUT2D eigenvalue weighted by atomic mass is 14.5. The Kier molecular flexibility index (Phi) is 4.18. The molecule has 0 saturated carbocycles. The highest BCUT2D eigenvalue weighted by Crippen LogP contribution is 2.56. The quantitative estimate of drug-likeness (QED) is 0.509. The van der Waals surface area contributed by atoms with Gasteiger partial charge in [-0.25, -0.2) is 0 Å². The third-order valence-corrected chi connectivity index (χ3v) is 5.30. The second-order valence-electron chi connectivity index (χ2n) is 6.55. The van der Waals surface area contributed by atoms with E-state index in [-0.39, 0.29) is 5.41 Å². The number of hydrogen-bond donors (Lipinski definition) is 0. The molecule has 0 bridgehead atoms. The molecule has 0 N–H and O–H groups in total. The number of rotatable bonds is 3. The lowest BCUT2D eigenvalue weighted by atomic mass is 9.67. The van der Waals surface area contributed by atoms with Gasteiger partial charge in [0, 0.05) is 0 Å². The molecule has 0 nitrogen and oxygen atoms in total. The van der Waals surface area contributed by atoms with Crippen molar-refractivity contribution in [1.82, 2.24) is 0 Å². The van der Waals surface area contributed by atoms with Gasteiger partial charge >= 0.3 is 0 Å². The first kappa shape index (κ1) is 16.4. The Balaban J connectivity index is 2.20. The summed E-state index contributed by atoms with van der Waals surface area (Å²) < 4.78 is 0. The van der Waals surface area contributed by atoms with Gasteiger partial charge in [0.2, 0.25) is 0 Å². The van der Waals surface area contributed by atoms with Gasteiger partial charge in [-0.2, -0.15) is 0 Å². The molecule has 0 unspecified atom stereocenters. The van der Waals surface area contributed by atoms with Gasteiger partial charge in [-0.1, -0.05) is 110 Å². The molecule has 0 fully saturated rings. The Labute approximate surface area is 155 Å². The maximum Gasteiger partial charge on any atom is 0.0713 e. The van der Waals surface area contributed by atoms with E-state index in [9.17, 15) is 0 Å². The minimum absolute atomic E-state index is 0.324. The van der Waals surface area contributed by atoms with Crippen molar-refractivity contribution in [2.75, 3.05) is 0 Å². The van der Waals surface area contributed by atoms with E-state index in [0.717, 1.165) is 0 Å². The monoisotopic (exact) mass is 334 g/mol. The molecule has 1 aliphatic rings. The van der Waals surface area contributed by atoms with Crippen molar-refractivity contribution in [1.29, 1.82) is 0 Å². The predicted octanol–water partition coefficient (Wildman–Crippen LogP) is 6.55. The fraction of sp³-hybridized carbons (Fsp3) is 0.0769. The summed E-state index contributed by atoms with van der Waals surface area (Å²) in [6.07, 6.45) is 6.31. The Hall–Kier alpha value is -3.12. The van der Waals surface area contributed by atoms with Gasteiger partial charge in [0.05, 0.1) is 5.41 Å². The molecule has 0 saturated heterocycles. The molecular weight excluding hydrogens is 312 g/mol. The molecule has 0 aliphatic heterocycles. The van der Waals surface area contributed by atoms with Gasteiger partial charge in [-0.15, -0.1) is 0 Å². The van der Waals surface area contributed by atoms with Crippen LogP contribution in [0.1, 0.15) is 29.2 Å². The van der Waals surface area contributed by atoms with Gasteiger partial charge in [-0.05, 0) is 40.3 Å². The minimum atomic E-state index is -0.324. The second kappa shape index (κ2) is 6.65. The molecule has 3 aromatic rings. The summed E-state index contributed by atoms with van der Waals surface area (Å²) in [7, 11) is 0. The first-order chi connectivity index (χ1) is 12.8. The van der Waals surface area contributed by atoms with Gasteiger partial charge in [0.25, 0.3) is 0 Å². The SMILES string of the molecule is C=CC=C1/C(=C\C)c2ccccc2C1(c1ccccc1)c1ccccc1. The van der Waals surface area contributed by atoms with Gasteiger partial charge in [-0.3, -0.25) is 0 Å². The van der Waals surface area contributed by atoms with Gasteiger partial charge < -0.3 is 0 Å². The summed E-state index contributed by atoms with van der Waals surface area (Å²) in [6.45, 7) is 6.13. The smallest absolute Gasteiger partial charge is 0.0713 e. The summed E-state index contributed by atoms with van der Waals surface area (Å²) in [4.78, 5) is 0. The zero-order valence-corrected chi connectivity index (χ0v) is 15.0. The molecule has 0 amide bonds. The average molecular weight is 334 g/mol. The van der Waals surface area contributed by atoms with Crippen LogP contribution in [0, 0.1) is 0 Å². The Morgan fingerprint density at radius 1 is 0.731 bits per heavy atom. The average Bonchev–Trinajstić information content (AvgIpc) is 3.00. The molecular formula is C26H22. The molecule has 26 heavy (non-hydrogen) atoms. The van der Waals surface area contributed by atoms with Crippen LogP contribution < -0.4 is 0 Å². The van der Waals surface area contributed by atoms with E-state index in [1.807, 2.05) is 6.08 Å². The van der Waals surface area contributed by atoms with Crippen LogP contribution in [-0.2, 0) is 5.41 Å². The van der Waals surface area contributed by atoms with Gasteiger partial charge in [0.15, 0.2) is 0 Å². The summed E-state index contributed by atoms with van der Waals surface area (Å²) in [5.74, 6) is 0. The second-order valence-corrected chi connectivity index (χ2v) is 6.55. The van der Waals surface area contributed by atoms with Gasteiger partial charge in [0.1, 0.15) is 0 Å². The van der Waals surface area contributed by atoms with Crippen molar-refractivity contribution in [3.05, 3.63) is 138 Å². The Morgan fingerprint density at radius 2 is 1.27 bits per heavy atom. The van der Waals surface area contributed by atoms with Crippen LogP contribution in [0.15, 0.2) is 115 Å². The third-order valence-electron chi connectivity index (χ3n) is 5.30. The lowest BCUT2D eigenvalue weighted by Gasteiger charge is -2.34. The van der Waals surface area contributed by atoms with E-state index in [1.54, 1.807) is 0 Å². The first-order valence-corrected chi connectivity index (χ1v) is 9.04. The normalized spacial score (nSPS) is 18.0. The van der Waals surface area contributed by atoms with E-state index in [4.69, 9.17) is 0 Å². The van der Waals surface area contributed by atoms with Crippen LogP contribution in [0.4, 0.5) is 0 Å². The lowest BCUT2D eigenvalue weighted by Crippen LogP contribution is -2.28. The first-order valence-electron chi connectivity index (χ1n) is 9.04. The minimum Gasteiger partial charge on any atom is -0.0991 e. The van der Waals surface area contributed by atoms with Crippen molar-refractivity contribution >= 4 is 5.57 Å². The zero-order chi connectivity index (χ0) is 18.0. The Bertz CT molecular complexity index is 949. The van der Waals surface area contributed by atoms with Crippen molar-refractivity contribution in [2.24, 2.45) is 0 Å². The summed E-state index contributed by atoms with van der Waals surface area (Å²) in [6, 6.07) is 30.4. The molecule has 0 heteroatoms. The van der Waals surface area contributed by atoms with E-state index < -0.39 is 0 Å². The van der Waals surface area contributed by atoms with Crippen LogP contribution in [0.5, 0.6) is 0 Å². The molecule has 0 heterocycles. The van der Waals surface area contributed by atoms with Crippen molar-refractivity contribution in [3.8, 4) is 0 Å². The molecule has 4 rings (SSSR count). The summed E-state index contributed by atoms with van der Waals surface area (Å²) in [5, 5.41) is 0. The fourth-order valence-electron chi connectivity index (χ4n) is 4.35. The molecule has 0 radical (unpaired) electrons. The van der Waals surface area contributed by atoms with Crippen LogP contribution in [0.3, 0.4) is 0 Å². The summed E-state index contributed by atoms with van der Waals surface area (Å²) >= 11 is 0. The molecule has 1 aliphatic carbocycles. The van der Waals surface area contributed by atoms with Crippen molar-refractivity contribution in [3.63, 3.8) is 0 Å². The number of hydrogen-bond acceptors (Lipinski definition) is 0. The Morgan fingerprint density at radius 3 is 1.81 bits per heavy atom. The predicted molar refractivity (Wildman–Crippen MR) is 111 cm³/mol. The van der Waals surface area contributed by atoms with Crippen LogP contribution in [-0.4, -0.2) is 0 Å². The molecule has 126 valence electrons. The third kappa shape index (κ3) is 2.23. The van der Waals surface area contributed by atoms with Crippen LogP contribution in [0.25, 0.3) is 5.57 Å². The van der Waals surface area contributed by atoms with Crippen molar-refractivity contribution in [2.45, 2.75) is 12.3 Å². The maximum absolute atomic E-state index is 4.01. The lowest BCUT2D eigenvalue weighted by molar-refractivity contribution is 0.769. The highest BCUT2D eigenvalue weighted by Gasteiger charge is 2.47. The highest BCUT2D eigenvalue weighted by molar-refractivity contribution is 5.94. The summed E-state index contributed by atoms with van der Waals surface area (Å²) in [5.41, 5.74) is 7.44. The van der Waals surface area contributed by atoms with Crippen molar-refractivity contribution < 1.29 is 0 Å². The van der Waals surface area contributed by atoms with E-state index >= 15 is 0 Å². The number of benzene rings is 3. The van der Waals surface area contributed by atoms with E-state index in [0.29, 0.717) is 0 Å². The molecule has 0 atom stereocenters. The van der Waals surface area contributed by atoms with Crippen LogP contribution in [0.2, 0.25) is 0 Å². The number of fused-ring (bicyclic) bond motifs is 1. The topological polar surface area (TPSA) is 0 Å². The number of allylic oxidation sites excluding steroid dienone is 5. The van der Waals surface area contributed by atoms with Crippen LogP contribution >= 0.6 is 0 Å². The largest absolute Gasteiger partial charge is 0.0991 e.